The van der Waals surface area contributed by atoms with Gasteiger partial charge in [-0.15, -0.1) is 0 Å². The Morgan fingerprint density at radius 3 is 2.44 bits per heavy atom. The second-order valence-electron chi connectivity index (χ2n) is 6.60. The fourth-order valence-corrected chi connectivity index (χ4v) is 2.18. The van der Waals surface area contributed by atoms with Crippen molar-refractivity contribution >= 4 is 6.09 Å². The molecule has 2 aromatic rings. The van der Waals surface area contributed by atoms with Gasteiger partial charge >= 0.3 is 6.09 Å². The summed E-state index contributed by atoms with van der Waals surface area (Å²) in [5.41, 5.74) is 1.42. The van der Waals surface area contributed by atoms with Gasteiger partial charge in [0, 0.05) is 18.2 Å². The van der Waals surface area contributed by atoms with E-state index < -0.39 is 11.7 Å². The maximum absolute atomic E-state index is 11.8. The molecule has 0 radical (unpaired) electrons. The van der Waals surface area contributed by atoms with Crippen molar-refractivity contribution in [3.8, 4) is 11.5 Å². The van der Waals surface area contributed by atoms with E-state index in [-0.39, 0.29) is 0 Å². The normalized spacial score (nSPS) is 10.9. The zero-order valence-corrected chi connectivity index (χ0v) is 15.2. The molecule has 1 N–H and O–H groups in total. The van der Waals surface area contributed by atoms with Gasteiger partial charge in [-0.25, -0.2) is 4.79 Å². The molecule has 5 nitrogen and oxygen atoms in total. The van der Waals surface area contributed by atoms with Crippen LogP contribution in [0.4, 0.5) is 4.79 Å². The van der Waals surface area contributed by atoms with E-state index in [4.69, 9.17) is 14.2 Å². The number of hydrogen-bond acceptors (Lipinski definition) is 4. The average Bonchev–Trinajstić information content (AvgIpc) is 2.58. The highest BCUT2D eigenvalue weighted by Crippen LogP contribution is 2.25. The zero-order valence-electron chi connectivity index (χ0n) is 15.2. The molecule has 0 aliphatic heterocycles. The molecule has 0 saturated carbocycles. The predicted molar refractivity (Wildman–Crippen MR) is 96.8 cm³/mol. The SMILES string of the molecule is COc1cc(OCc2ccccc2)ccc1CNC(=O)OC(C)(C)C. The average molecular weight is 343 g/mol. The lowest BCUT2D eigenvalue weighted by Crippen LogP contribution is -2.32. The Kier molecular flexibility index (Phi) is 6.28. The topological polar surface area (TPSA) is 56.8 Å². The van der Waals surface area contributed by atoms with Crippen LogP contribution in [0.5, 0.6) is 11.5 Å². The standard InChI is InChI=1S/C20H25NO4/c1-20(2,3)25-19(22)21-13-16-10-11-17(12-18(16)23-4)24-14-15-8-6-5-7-9-15/h5-12H,13-14H2,1-4H3,(H,21,22). The van der Waals surface area contributed by atoms with E-state index in [1.54, 1.807) is 7.11 Å². The molecule has 25 heavy (non-hydrogen) atoms. The maximum Gasteiger partial charge on any atom is 0.407 e. The van der Waals surface area contributed by atoms with Gasteiger partial charge in [0.1, 0.15) is 23.7 Å². The molecule has 5 heteroatoms. The molecule has 0 aliphatic carbocycles. The van der Waals surface area contributed by atoms with Crippen LogP contribution in [0.1, 0.15) is 31.9 Å². The van der Waals surface area contributed by atoms with E-state index in [2.05, 4.69) is 5.32 Å². The smallest absolute Gasteiger partial charge is 0.407 e. The molecule has 0 saturated heterocycles. The Morgan fingerprint density at radius 1 is 1.08 bits per heavy atom. The number of hydrogen-bond donors (Lipinski definition) is 1. The molecule has 0 unspecified atom stereocenters. The second-order valence-corrected chi connectivity index (χ2v) is 6.60. The third-order valence-corrected chi connectivity index (χ3v) is 3.33. The van der Waals surface area contributed by atoms with Crippen LogP contribution in [0.3, 0.4) is 0 Å². The second kappa shape index (κ2) is 8.42. The van der Waals surface area contributed by atoms with Crippen molar-refractivity contribution in [2.45, 2.75) is 39.5 Å². The number of nitrogens with one attached hydrogen (secondary N) is 1. The molecular weight excluding hydrogens is 318 g/mol. The summed E-state index contributed by atoms with van der Waals surface area (Å²) >= 11 is 0. The van der Waals surface area contributed by atoms with Crippen LogP contribution in [0.2, 0.25) is 0 Å². The summed E-state index contributed by atoms with van der Waals surface area (Å²) in [7, 11) is 1.59. The van der Waals surface area contributed by atoms with Crippen LogP contribution in [-0.4, -0.2) is 18.8 Å². The fourth-order valence-electron chi connectivity index (χ4n) is 2.18. The molecule has 0 spiro atoms. The number of benzene rings is 2. The first-order valence-corrected chi connectivity index (χ1v) is 8.18. The lowest BCUT2D eigenvalue weighted by atomic mass is 10.2. The monoisotopic (exact) mass is 343 g/mol. The van der Waals surface area contributed by atoms with Crippen molar-refractivity contribution < 1.29 is 19.0 Å². The highest BCUT2D eigenvalue weighted by molar-refractivity contribution is 5.67. The van der Waals surface area contributed by atoms with E-state index in [0.29, 0.717) is 24.7 Å². The van der Waals surface area contributed by atoms with E-state index >= 15 is 0 Å². The van der Waals surface area contributed by atoms with E-state index in [0.717, 1.165) is 11.1 Å². The third-order valence-electron chi connectivity index (χ3n) is 3.33. The van der Waals surface area contributed by atoms with Gasteiger partial charge in [-0.05, 0) is 38.5 Å². The van der Waals surface area contributed by atoms with Gasteiger partial charge in [-0.1, -0.05) is 30.3 Å². The van der Waals surface area contributed by atoms with Crippen molar-refractivity contribution in [2.75, 3.05) is 7.11 Å². The summed E-state index contributed by atoms with van der Waals surface area (Å²) in [5, 5.41) is 2.73. The summed E-state index contributed by atoms with van der Waals surface area (Å²) in [6.45, 7) is 6.28. The number of carbonyl (C=O) groups excluding carboxylic acids is 1. The van der Waals surface area contributed by atoms with Crippen molar-refractivity contribution in [3.63, 3.8) is 0 Å². The molecule has 0 aromatic heterocycles. The molecule has 2 rings (SSSR count). The van der Waals surface area contributed by atoms with Gasteiger partial charge in [0.2, 0.25) is 0 Å². The van der Waals surface area contributed by atoms with Crippen molar-refractivity contribution in [1.29, 1.82) is 0 Å². The van der Waals surface area contributed by atoms with E-state index in [1.165, 1.54) is 0 Å². The molecule has 0 heterocycles. The summed E-state index contributed by atoms with van der Waals surface area (Å²) in [6, 6.07) is 15.5. The molecule has 0 aliphatic rings. The molecule has 134 valence electrons. The van der Waals surface area contributed by atoms with Crippen LogP contribution in [0, 0.1) is 0 Å². The lowest BCUT2D eigenvalue weighted by Gasteiger charge is -2.20. The third kappa shape index (κ3) is 6.37. The van der Waals surface area contributed by atoms with Crippen molar-refractivity contribution in [3.05, 3.63) is 59.7 Å². The number of amides is 1. The Morgan fingerprint density at radius 2 is 1.80 bits per heavy atom. The summed E-state index contributed by atoms with van der Waals surface area (Å²) in [6.07, 6.45) is -0.459. The van der Waals surface area contributed by atoms with Crippen LogP contribution >= 0.6 is 0 Å². The highest BCUT2D eigenvalue weighted by Gasteiger charge is 2.16. The lowest BCUT2D eigenvalue weighted by molar-refractivity contribution is 0.0523. The van der Waals surface area contributed by atoms with Gasteiger partial charge in [0.25, 0.3) is 0 Å². The van der Waals surface area contributed by atoms with Gasteiger partial charge in [0.15, 0.2) is 0 Å². The molecular formula is C20H25NO4. The first-order valence-electron chi connectivity index (χ1n) is 8.18. The van der Waals surface area contributed by atoms with Crippen LogP contribution in [0.25, 0.3) is 0 Å². The van der Waals surface area contributed by atoms with E-state index in [1.807, 2.05) is 69.3 Å². The minimum Gasteiger partial charge on any atom is -0.496 e. The van der Waals surface area contributed by atoms with Crippen LogP contribution < -0.4 is 14.8 Å². The van der Waals surface area contributed by atoms with Gasteiger partial charge in [-0.3, -0.25) is 0 Å². The van der Waals surface area contributed by atoms with Crippen molar-refractivity contribution in [1.82, 2.24) is 5.32 Å². The summed E-state index contributed by atoms with van der Waals surface area (Å²) in [4.78, 5) is 11.8. The molecule has 1 amide bonds. The molecule has 0 fully saturated rings. The minimum atomic E-state index is -0.524. The number of rotatable bonds is 6. The number of carbonyl (C=O) groups is 1. The van der Waals surface area contributed by atoms with Gasteiger partial charge in [0.05, 0.1) is 7.11 Å². The van der Waals surface area contributed by atoms with Crippen LogP contribution in [0.15, 0.2) is 48.5 Å². The zero-order chi connectivity index (χ0) is 18.3. The Labute approximate surface area is 148 Å². The highest BCUT2D eigenvalue weighted by atomic mass is 16.6. The Balaban J connectivity index is 1.95. The first-order chi connectivity index (χ1) is 11.9. The Hall–Kier alpha value is -2.69. The Bertz CT molecular complexity index is 693. The first kappa shape index (κ1) is 18.6. The molecule has 2 aromatic carbocycles. The van der Waals surface area contributed by atoms with Gasteiger partial charge < -0.3 is 19.5 Å². The fraction of sp³-hybridized carbons (Fsp3) is 0.350. The van der Waals surface area contributed by atoms with Crippen molar-refractivity contribution in [2.24, 2.45) is 0 Å². The minimum absolute atomic E-state index is 0.317. The molecule has 0 atom stereocenters. The number of alkyl carbamates (subject to hydrolysis) is 1. The quantitative estimate of drug-likeness (QED) is 0.850. The van der Waals surface area contributed by atoms with Gasteiger partial charge in [-0.2, -0.15) is 0 Å². The largest absolute Gasteiger partial charge is 0.496 e. The molecule has 0 bridgehead atoms. The van der Waals surface area contributed by atoms with Crippen LogP contribution in [-0.2, 0) is 17.9 Å². The number of ether oxygens (including phenoxy) is 3. The van der Waals surface area contributed by atoms with E-state index in [9.17, 15) is 4.79 Å². The predicted octanol–water partition coefficient (Wildman–Crippen LogP) is 4.30. The summed E-state index contributed by atoms with van der Waals surface area (Å²) < 4.78 is 16.4. The maximum atomic E-state index is 11.8. The summed E-state index contributed by atoms with van der Waals surface area (Å²) in [5.74, 6) is 1.36. The number of methoxy groups -OCH3 is 1.